The lowest BCUT2D eigenvalue weighted by Gasteiger charge is -2.11. The quantitative estimate of drug-likeness (QED) is 0.578. The molecule has 0 aliphatic rings. The van der Waals surface area contributed by atoms with Crippen LogP contribution < -0.4 is 11.1 Å². The van der Waals surface area contributed by atoms with Crippen molar-refractivity contribution in [2.75, 3.05) is 19.0 Å². The maximum atomic E-state index is 11.6. The molecular formula is C11H15N3O4. The van der Waals surface area contributed by atoms with Crippen molar-refractivity contribution in [3.8, 4) is 0 Å². The smallest absolute Gasteiger partial charge is 0.271 e. The minimum absolute atomic E-state index is 0.0849. The first-order valence-corrected chi connectivity index (χ1v) is 5.34. The molecule has 1 rings (SSSR count). The second kappa shape index (κ2) is 6.67. The molecule has 7 nitrogen and oxygen atoms in total. The summed E-state index contributed by atoms with van der Waals surface area (Å²) in [5.41, 5.74) is 5.89. The average Bonchev–Trinajstić information content (AvgIpc) is 2.36. The average molecular weight is 253 g/mol. The summed E-state index contributed by atoms with van der Waals surface area (Å²) in [6.45, 7) is 0.378. The number of nitrogens with one attached hydrogen (secondary N) is 1. The summed E-state index contributed by atoms with van der Waals surface area (Å²) < 4.78 is 4.81. The van der Waals surface area contributed by atoms with Gasteiger partial charge < -0.3 is 15.8 Å². The number of carbonyl (C=O) groups excluding carboxylic acids is 1. The van der Waals surface area contributed by atoms with Gasteiger partial charge in [-0.25, -0.2) is 0 Å². The maximum Gasteiger partial charge on any atom is 0.271 e. The molecule has 1 unspecified atom stereocenters. The van der Waals surface area contributed by atoms with E-state index >= 15 is 0 Å². The first-order valence-electron chi connectivity index (χ1n) is 5.34. The Labute approximate surface area is 104 Å². The van der Waals surface area contributed by atoms with Crippen LogP contribution in [0.1, 0.15) is 6.42 Å². The topological polar surface area (TPSA) is 107 Å². The number of hydrogen-bond acceptors (Lipinski definition) is 5. The fourth-order valence-corrected chi connectivity index (χ4v) is 1.31. The Bertz CT molecular complexity index is 436. The fourth-order valence-electron chi connectivity index (χ4n) is 1.31. The third-order valence-electron chi connectivity index (χ3n) is 2.29. The molecule has 1 aromatic rings. The van der Waals surface area contributed by atoms with Crippen molar-refractivity contribution in [1.29, 1.82) is 0 Å². The number of rotatable bonds is 6. The number of carbonyl (C=O) groups is 1. The number of ether oxygens (including phenoxy) is 1. The van der Waals surface area contributed by atoms with Gasteiger partial charge in [0.25, 0.3) is 5.69 Å². The van der Waals surface area contributed by atoms with Crippen molar-refractivity contribution in [3.63, 3.8) is 0 Å². The van der Waals surface area contributed by atoms with E-state index in [1.807, 2.05) is 0 Å². The second-order valence-electron chi connectivity index (χ2n) is 3.68. The van der Waals surface area contributed by atoms with Crippen LogP contribution in [0.15, 0.2) is 24.3 Å². The highest BCUT2D eigenvalue weighted by Crippen LogP contribution is 2.17. The highest BCUT2D eigenvalue weighted by Gasteiger charge is 2.14. The third-order valence-corrected chi connectivity index (χ3v) is 2.29. The van der Waals surface area contributed by atoms with Gasteiger partial charge >= 0.3 is 0 Å². The molecule has 0 saturated heterocycles. The molecule has 18 heavy (non-hydrogen) atoms. The molecule has 1 amide bonds. The van der Waals surface area contributed by atoms with E-state index in [1.54, 1.807) is 6.07 Å². The summed E-state index contributed by atoms with van der Waals surface area (Å²) in [4.78, 5) is 21.7. The Morgan fingerprint density at radius 2 is 2.33 bits per heavy atom. The number of methoxy groups -OCH3 is 1. The number of non-ortho nitro benzene ring substituents is 1. The van der Waals surface area contributed by atoms with Crippen LogP contribution >= 0.6 is 0 Å². The van der Waals surface area contributed by atoms with Gasteiger partial charge in [-0.3, -0.25) is 14.9 Å². The van der Waals surface area contributed by atoms with Gasteiger partial charge in [-0.05, 0) is 12.5 Å². The Morgan fingerprint density at radius 1 is 1.61 bits per heavy atom. The summed E-state index contributed by atoms with van der Waals surface area (Å²) in [5.74, 6) is -0.396. The van der Waals surface area contributed by atoms with Crippen molar-refractivity contribution in [1.82, 2.24) is 0 Å². The van der Waals surface area contributed by atoms with E-state index in [4.69, 9.17) is 10.5 Å². The van der Waals surface area contributed by atoms with Crippen molar-refractivity contribution in [2.24, 2.45) is 5.73 Å². The van der Waals surface area contributed by atoms with E-state index < -0.39 is 16.9 Å². The molecule has 0 heterocycles. The van der Waals surface area contributed by atoms with Gasteiger partial charge in [0.15, 0.2) is 0 Å². The lowest BCUT2D eigenvalue weighted by Crippen LogP contribution is -2.36. The fraction of sp³-hybridized carbons (Fsp3) is 0.364. The standard InChI is InChI=1S/C11H15N3O4/c1-18-6-5-10(12)11(15)13-8-3-2-4-9(7-8)14(16)17/h2-4,7,10H,5-6,12H2,1H3,(H,13,15). The number of nitrogens with zero attached hydrogens (tertiary/aromatic N) is 1. The molecule has 3 N–H and O–H groups in total. The molecule has 0 radical (unpaired) electrons. The maximum absolute atomic E-state index is 11.6. The largest absolute Gasteiger partial charge is 0.385 e. The van der Waals surface area contributed by atoms with E-state index in [9.17, 15) is 14.9 Å². The summed E-state index contributed by atoms with van der Waals surface area (Å²) in [6, 6.07) is 4.98. The van der Waals surface area contributed by atoms with Gasteiger partial charge in [0.05, 0.1) is 11.0 Å². The van der Waals surface area contributed by atoms with Crippen molar-refractivity contribution >= 4 is 17.3 Å². The zero-order valence-electron chi connectivity index (χ0n) is 9.96. The van der Waals surface area contributed by atoms with Gasteiger partial charge in [-0.2, -0.15) is 0 Å². The van der Waals surface area contributed by atoms with Gasteiger partial charge in [0, 0.05) is 31.5 Å². The predicted molar refractivity (Wildman–Crippen MR) is 66.2 cm³/mol. The van der Waals surface area contributed by atoms with Crippen LogP contribution in [0.25, 0.3) is 0 Å². The van der Waals surface area contributed by atoms with E-state index in [1.165, 1.54) is 25.3 Å². The lowest BCUT2D eigenvalue weighted by molar-refractivity contribution is -0.384. The minimum atomic E-state index is -0.704. The van der Waals surface area contributed by atoms with Gasteiger partial charge in [0.2, 0.25) is 5.91 Å². The summed E-state index contributed by atoms with van der Waals surface area (Å²) in [5, 5.41) is 13.1. The number of nitro groups is 1. The lowest BCUT2D eigenvalue weighted by atomic mass is 10.2. The number of amides is 1. The van der Waals surface area contributed by atoms with Crippen molar-refractivity contribution < 1.29 is 14.5 Å². The molecule has 1 atom stereocenters. The van der Waals surface area contributed by atoms with E-state index in [0.717, 1.165) is 0 Å². The number of benzene rings is 1. The van der Waals surface area contributed by atoms with E-state index in [2.05, 4.69) is 5.32 Å². The number of anilines is 1. The Kier molecular flexibility index (Phi) is 5.22. The number of hydrogen-bond donors (Lipinski definition) is 2. The summed E-state index contributed by atoms with van der Waals surface area (Å²) >= 11 is 0. The second-order valence-corrected chi connectivity index (χ2v) is 3.68. The van der Waals surface area contributed by atoms with Crippen LogP contribution in [-0.2, 0) is 9.53 Å². The molecule has 0 aromatic heterocycles. The monoisotopic (exact) mass is 253 g/mol. The first kappa shape index (κ1) is 14.1. The van der Waals surface area contributed by atoms with Crippen LogP contribution in [0.2, 0.25) is 0 Å². The van der Waals surface area contributed by atoms with Gasteiger partial charge in [-0.1, -0.05) is 6.07 Å². The minimum Gasteiger partial charge on any atom is -0.385 e. The molecule has 0 aliphatic carbocycles. The zero-order valence-corrected chi connectivity index (χ0v) is 9.96. The van der Waals surface area contributed by atoms with Gasteiger partial charge in [0.1, 0.15) is 0 Å². The molecule has 0 fully saturated rings. The van der Waals surface area contributed by atoms with Gasteiger partial charge in [-0.15, -0.1) is 0 Å². The highest BCUT2D eigenvalue weighted by atomic mass is 16.6. The Balaban J connectivity index is 2.64. The van der Waals surface area contributed by atoms with Crippen LogP contribution in [0, 0.1) is 10.1 Å². The molecule has 1 aromatic carbocycles. The molecular weight excluding hydrogens is 238 g/mol. The summed E-state index contributed by atoms with van der Waals surface area (Å²) in [7, 11) is 1.52. The van der Waals surface area contributed by atoms with Crippen molar-refractivity contribution in [2.45, 2.75) is 12.5 Å². The number of nitro benzene ring substituents is 1. The Hall–Kier alpha value is -1.99. The Morgan fingerprint density at radius 3 is 2.94 bits per heavy atom. The molecule has 0 aliphatic heterocycles. The third kappa shape index (κ3) is 4.11. The molecule has 0 saturated carbocycles. The van der Waals surface area contributed by atoms with E-state index in [0.29, 0.717) is 18.7 Å². The molecule has 0 spiro atoms. The molecule has 7 heteroatoms. The highest BCUT2D eigenvalue weighted by molar-refractivity contribution is 5.94. The van der Waals surface area contributed by atoms with Crippen LogP contribution in [0.4, 0.5) is 11.4 Å². The zero-order chi connectivity index (χ0) is 13.5. The summed E-state index contributed by atoms with van der Waals surface area (Å²) in [6.07, 6.45) is 0.386. The first-order chi connectivity index (χ1) is 8.54. The normalized spacial score (nSPS) is 11.9. The van der Waals surface area contributed by atoms with Crippen LogP contribution in [0.5, 0.6) is 0 Å². The van der Waals surface area contributed by atoms with E-state index in [-0.39, 0.29) is 5.69 Å². The van der Waals surface area contributed by atoms with Crippen molar-refractivity contribution in [3.05, 3.63) is 34.4 Å². The predicted octanol–water partition coefficient (Wildman–Crippen LogP) is 0.897. The number of nitrogens with two attached hydrogens (primary N) is 1. The van der Waals surface area contributed by atoms with Crippen LogP contribution in [0.3, 0.4) is 0 Å². The molecule has 0 bridgehead atoms. The SMILES string of the molecule is COCCC(N)C(=O)Nc1cccc([N+](=O)[O-])c1. The molecule has 98 valence electrons. The van der Waals surface area contributed by atoms with Crippen LogP contribution in [-0.4, -0.2) is 30.6 Å².